The standard InChI is InChI=1S/C22H19F2N5O2/c1-13-10-28(20(30)22(13,12-25)16-3-4-16)17-6-7-27-29-11-15(8-18(17)29)14-2-5-19(26-9-14)31-21(23)24/h2,5-9,11,13,16,21H,3-4,10H2,1H3/t13-,22+/m1/s1. The van der Waals surface area contributed by atoms with Crippen LogP contribution in [0.4, 0.5) is 14.5 Å². The first-order chi connectivity index (χ1) is 14.9. The number of amides is 1. The van der Waals surface area contributed by atoms with Crippen molar-refractivity contribution in [1.82, 2.24) is 14.6 Å². The first kappa shape index (κ1) is 19.4. The molecule has 2 fully saturated rings. The van der Waals surface area contributed by atoms with Gasteiger partial charge in [-0.05, 0) is 37.0 Å². The van der Waals surface area contributed by atoms with E-state index in [1.807, 2.05) is 13.0 Å². The zero-order valence-corrected chi connectivity index (χ0v) is 16.7. The maximum absolute atomic E-state index is 13.4. The van der Waals surface area contributed by atoms with Crippen LogP contribution in [0, 0.1) is 28.6 Å². The van der Waals surface area contributed by atoms with Gasteiger partial charge in [0, 0.05) is 48.2 Å². The van der Waals surface area contributed by atoms with E-state index in [4.69, 9.17) is 0 Å². The highest BCUT2D eigenvalue weighted by Gasteiger charge is 2.61. The molecule has 31 heavy (non-hydrogen) atoms. The minimum Gasteiger partial charge on any atom is -0.417 e. The molecule has 0 unspecified atom stereocenters. The SMILES string of the molecule is C[C@@H]1CN(c2ccnn3cc(-c4ccc(OC(F)F)nc4)cc23)C(=O)[C@]1(C#N)C1CC1. The highest BCUT2D eigenvalue weighted by molar-refractivity contribution is 6.05. The predicted octanol–water partition coefficient (Wildman–Crippen LogP) is 3.90. The van der Waals surface area contributed by atoms with Crippen LogP contribution in [0.5, 0.6) is 5.88 Å². The Morgan fingerprint density at radius 3 is 2.74 bits per heavy atom. The van der Waals surface area contributed by atoms with Crippen molar-refractivity contribution in [3.05, 3.63) is 42.9 Å². The van der Waals surface area contributed by atoms with Crippen LogP contribution < -0.4 is 9.64 Å². The molecule has 1 amide bonds. The van der Waals surface area contributed by atoms with Crippen LogP contribution in [0.1, 0.15) is 19.8 Å². The molecule has 1 aliphatic heterocycles. The molecule has 4 heterocycles. The van der Waals surface area contributed by atoms with Gasteiger partial charge in [-0.3, -0.25) is 4.79 Å². The Labute approximate surface area is 176 Å². The van der Waals surface area contributed by atoms with Crippen molar-refractivity contribution in [2.45, 2.75) is 26.4 Å². The lowest BCUT2D eigenvalue weighted by atomic mass is 9.75. The summed E-state index contributed by atoms with van der Waals surface area (Å²) in [5, 5.41) is 14.2. The van der Waals surface area contributed by atoms with Crippen molar-refractivity contribution in [1.29, 1.82) is 5.26 Å². The summed E-state index contributed by atoms with van der Waals surface area (Å²) in [7, 11) is 0. The Morgan fingerprint density at radius 1 is 1.29 bits per heavy atom. The van der Waals surface area contributed by atoms with Gasteiger partial charge in [-0.1, -0.05) is 6.92 Å². The Balaban J connectivity index is 1.51. The molecule has 0 spiro atoms. The third-order valence-electron chi connectivity index (χ3n) is 6.30. The molecule has 5 rings (SSSR count). The molecule has 1 saturated carbocycles. The summed E-state index contributed by atoms with van der Waals surface area (Å²) in [6.07, 6.45) is 6.67. The Kier molecular flexibility index (Phi) is 4.39. The number of pyridine rings is 1. The maximum atomic E-state index is 13.4. The lowest BCUT2D eigenvalue weighted by molar-refractivity contribution is -0.124. The lowest BCUT2D eigenvalue weighted by Gasteiger charge is -2.23. The average Bonchev–Trinajstić information content (AvgIpc) is 3.44. The van der Waals surface area contributed by atoms with E-state index in [9.17, 15) is 18.8 Å². The summed E-state index contributed by atoms with van der Waals surface area (Å²) in [6, 6.07) is 9.01. The Bertz CT molecular complexity index is 1200. The van der Waals surface area contributed by atoms with Crippen LogP contribution in [0.15, 0.2) is 42.9 Å². The molecular weight excluding hydrogens is 404 g/mol. The summed E-state index contributed by atoms with van der Waals surface area (Å²) in [5.41, 5.74) is 1.92. The number of halogens is 2. The molecular formula is C22H19F2N5O2. The van der Waals surface area contributed by atoms with Crippen molar-refractivity contribution in [3.63, 3.8) is 0 Å². The number of alkyl halides is 2. The quantitative estimate of drug-likeness (QED) is 0.622. The van der Waals surface area contributed by atoms with E-state index >= 15 is 0 Å². The molecule has 0 N–H and O–H groups in total. The van der Waals surface area contributed by atoms with Gasteiger partial charge in [-0.2, -0.15) is 19.1 Å². The fraction of sp³-hybridized carbons (Fsp3) is 0.364. The van der Waals surface area contributed by atoms with E-state index in [1.165, 1.54) is 12.3 Å². The third-order valence-corrected chi connectivity index (χ3v) is 6.30. The molecule has 1 aliphatic carbocycles. The summed E-state index contributed by atoms with van der Waals surface area (Å²) in [4.78, 5) is 19.0. The summed E-state index contributed by atoms with van der Waals surface area (Å²) < 4.78 is 30.6. The molecule has 0 aromatic carbocycles. The fourth-order valence-electron chi connectivity index (χ4n) is 4.61. The van der Waals surface area contributed by atoms with Gasteiger partial charge >= 0.3 is 6.61 Å². The van der Waals surface area contributed by atoms with E-state index in [0.717, 1.165) is 23.9 Å². The smallest absolute Gasteiger partial charge is 0.388 e. The number of carbonyl (C=O) groups is 1. The molecule has 158 valence electrons. The average molecular weight is 423 g/mol. The topological polar surface area (TPSA) is 83.5 Å². The van der Waals surface area contributed by atoms with Gasteiger partial charge < -0.3 is 9.64 Å². The zero-order chi connectivity index (χ0) is 21.8. The minimum atomic E-state index is -2.93. The summed E-state index contributed by atoms with van der Waals surface area (Å²) in [5.74, 6) is -0.237. The molecule has 3 aromatic heterocycles. The molecule has 0 bridgehead atoms. The van der Waals surface area contributed by atoms with Crippen LogP contribution in [0.2, 0.25) is 0 Å². The molecule has 2 aliphatic rings. The number of hydrogen-bond donors (Lipinski definition) is 0. The van der Waals surface area contributed by atoms with E-state index < -0.39 is 12.0 Å². The van der Waals surface area contributed by atoms with E-state index in [2.05, 4.69) is 20.9 Å². The molecule has 2 atom stereocenters. The van der Waals surface area contributed by atoms with Gasteiger partial charge in [-0.25, -0.2) is 9.50 Å². The van der Waals surface area contributed by atoms with Crippen molar-refractivity contribution < 1.29 is 18.3 Å². The number of nitriles is 1. The number of nitrogens with zero attached hydrogens (tertiary/aromatic N) is 5. The van der Waals surface area contributed by atoms with Crippen LogP contribution in [-0.4, -0.2) is 33.7 Å². The number of anilines is 1. The number of carbonyl (C=O) groups excluding carboxylic acids is 1. The molecule has 3 aromatic rings. The summed E-state index contributed by atoms with van der Waals surface area (Å²) in [6.45, 7) is -0.487. The van der Waals surface area contributed by atoms with Crippen LogP contribution in [-0.2, 0) is 4.79 Å². The normalized spacial score (nSPS) is 23.5. The van der Waals surface area contributed by atoms with Crippen LogP contribution in [0.25, 0.3) is 16.6 Å². The highest BCUT2D eigenvalue weighted by atomic mass is 19.3. The van der Waals surface area contributed by atoms with Crippen molar-refractivity contribution in [3.8, 4) is 23.1 Å². The third kappa shape index (κ3) is 3.02. The summed E-state index contributed by atoms with van der Waals surface area (Å²) >= 11 is 0. The van der Waals surface area contributed by atoms with E-state index in [1.54, 1.807) is 33.9 Å². The predicted molar refractivity (Wildman–Crippen MR) is 107 cm³/mol. The monoisotopic (exact) mass is 423 g/mol. The van der Waals surface area contributed by atoms with Crippen LogP contribution in [0.3, 0.4) is 0 Å². The van der Waals surface area contributed by atoms with Gasteiger partial charge in [0.05, 0.1) is 17.3 Å². The van der Waals surface area contributed by atoms with Crippen molar-refractivity contribution in [2.24, 2.45) is 17.3 Å². The van der Waals surface area contributed by atoms with Gasteiger partial charge in [0.2, 0.25) is 11.8 Å². The van der Waals surface area contributed by atoms with Gasteiger partial charge in [0.15, 0.2) is 0 Å². The molecule has 1 saturated heterocycles. The van der Waals surface area contributed by atoms with Crippen molar-refractivity contribution in [2.75, 3.05) is 11.4 Å². The lowest BCUT2D eigenvalue weighted by Crippen LogP contribution is -2.37. The largest absolute Gasteiger partial charge is 0.417 e. The number of ether oxygens (including phenoxy) is 1. The second-order valence-electron chi connectivity index (χ2n) is 8.11. The Hall–Kier alpha value is -3.54. The second-order valence-corrected chi connectivity index (χ2v) is 8.11. The molecule has 0 radical (unpaired) electrons. The van der Waals surface area contributed by atoms with Gasteiger partial charge in [0.25, 0.3) is 0 Å². The van der Waals surface area contributed by atoms with Gasteiger partial charge in [0.1, 0.15) is 5.41 Å². The maximum Gasteiger partial charge on any atom is 0.388 e. The first-order valence-electron chi connectivity index (χ1n) is 10.1. The minimum absolute atomic E-state index is 0.0632. The van der Waals surface area contributed by atoms with Crippen molar-refractivity contribution >= 4 is 17.1 Å². The number of aromatic nitrogens is 3. The first-order valence-corrected chi connectivity index (χ1v) is 10.1. The number of rotatable bonds is 5. The molecule has 9 heteroatoms. The molecule has 7 nitrogen and oxygen atoms in total. The second kappa shape index (κ2) is 7.01. The number of hydrogen-bond acceptors (Lipinski definition) is 5. The van der Waals surface area contributed by atoms with Gasteiger partial charge in [-0.15, -0.1) is 0 Å². The highest BCUT2D eigenvalue weighted by Crippen LogP contribution is 2.54. The Morgan fingerprint density at radius 2 is 2.10 bits per heavy atom. The fourth-order valence-corrected chi connectivity index (χ4v) is 4.61. The zero-order valence-electron chi connectivity index (χ0n) is 16.7. The van der Waals surface area contributed by atoms with Crippen LogP contribution >= 0.6 is 0 Å². The number of fused-ring (bicyclic) bond motifs is 1. The van der Waals surface area contributed by atoms with E-state index in [-0.39, 0.29) is 23.6 Å². The van der Waals surface area contributed by atoms with E-state index in [0.29, 0.717) is 17.8 Å².